The summed E-state index contributed by atoms with van der Waals surface area (Å²) in [7, 11) is 0. The summed E-state index contributed by atoms with van der Waals surface area (Å²) in [5.74, 6) is -0.0810. The van der Waals surface area contributed by atoms with Crippen LogP contribution < -0.4 is 5.32 Å². The summed E-state index contributed by atoms with van der Waals surface area (Å²) >= 11 is 6.08. The van der Waals surface area contributed by atoms with Gasteiger partial charge in [0, 0.05) is 42.1 Å². The number of nitrogens with one attached hydrogen (secondary N) is 1. The molecular formula is C28H28ClN3O5. The SMILES string of the molecule is Cc1ccccc1C(=O)N1[C@H](C(=O)NCc2ccco2)COC12CCN(C(=O)c1cccc(Cl)c1)CC2. The topological polar surface area (TPSA) is 92.1 Å². The van der Waals surface area contributed by atoms with Gasteiger partial charge in [-0.3, -0.25) is 19.3 Å². The molecule has 2 aliphatic rings. The van der Waals surface area contributed by atoms with Crippen molar-refractivity contribution in [2.24, 2.45) is 0 Å². The Morgan fingerprint density at radius 2 is 1.81 bits per heavy atom. The van der Waals surface area contributed by atoms with Crippen LogP contribution in [0, 0.1) is 6.92 Å². The van der Waals surface area contributed by atoms with Crippen molar-refractivity contribution in [1.82, 2.24) is 15.1 Å². The van der Waals surface area contributed by atoms with Crippen molar-refractivity contribution in [2.75, 3.05) is 19.7 Å². The minimum absolute atomic E-state index is 0.0733. The van der Waals surface area contributed by atoms with Gasteiger partial charge in [0.1, 0.15) is 17.5 Å². The molecule has 0 bridgehead atoms. The highest BCUT2D eigenvalue weighted by atomic mass is 35.5. The van der Waals surface area contributed by atoms with Gasteiger partial charge in [0.15, 0.2) is 0 Å². The quantitative estimate of drug-likeness (QED) is 0.547. The lowest BCUT2D eigenvalue weighted by Gasteiger charge is -2.44. The van der Waals surface area contributed by atoms with E-state index in [2.05, 4.69) is 5.32 Å². The zero-order valence-electron chi connectivity index (χ0n) is 20.5. The van der Waals surface area contributed by atoms with Crippen LogP contribution in [-0.2, 0) is 16.1 Å². The lowest BCUT2D eigenvalue weighted by Crippen LogP contribution is -2.59. The van der Waals surface area contributed by atoms with E-state index in [1.165, 1.54) is 0 Å². The Morgan fingerprint density at radius 3 is 2.51 bits per heavy atom. The molecule has 2 fully saturated rings. The zero-order valence-corrected chi connectivity index (χ0v) is 21.2. The summed E-state index contributed by atoms with van der Waals surface area (Å²) in [5, 5.41) is 3.37. The van der Waals surface area contributed by atoms with Crippen LogP contribution in [0.2, 0.25) is 5.02 Å². The van der Waals surface area contributed by atoms with Crippen LogP contribution >= 0.6 is 11.6 Å². The van der Waals surface area contributed by atoms with Gasteiger partial charge in [0.25, 0.3) is 11.8 Å². The molecule has 1 spiro atoms. The molecule has 1 aromatic heterocycles. The van der Waals surface area contributed by atoms with Gasteiger partial charge in [-0.1, -0.05) is 35.9 Å². The smallest absolute Gasteiger partial charge is 0.257 e. The standard InChI is InChI=1S/C28H28ClN3O5/c1-19-6-2-3-10-23(19)27(35)32-24(25(33)30-17-22-9-5-15-36-22)18-37-28(32)11-13-31(14-12-28)26(34)20-7-4-8-21(29)16-20/h2-10,15-16,24H,11-14,17-18H2,1H3,(H,30,33)/t24-/m0/s1. The largest absolute Gasteiger partial charge is 0.467 e. The molecule has 192 valence electrons. The van der Waals surface area contributed by atoms with E-state index in [1.807, 2.05) is 25.1 Å². The maximum atomic E-state index is 13.9. The third-order valence-corrected chi connectivity index (χ3v) is 7.31. The van der Waals surface area contributed by atoms with Crippen LogP contribution in [0.25, 0.3) is 0 Å². The van der Waals surface area contributed by atoms with Gasteiger partial charge >= 0.3 is 0 Å². The summed E-state index contributed by atoms with van der Waals surface area (Å²) in [6, 6.07) is 16.9. The first-order valence-corrected chi connectivity index (χ1v) is 12.6. The fraction of sp³-hybridized carbons (Fsp3) is 0.321. The second kappa shape index (κ2) is 10.4. The molecule has 8 nitrogen and oxygen atoms in total. The molecule has 1 N–H and O–H groups in total. The number of aryl methyl sites for hydroxylation is 1. The van der Waals surface area contributed by atoms with E-state index in [4.69, 9.17) is 20.8 Å². The van der Waals surface area contributed by atoms with Crippen molar-refractivity contribution in [3.05, 3.63) is 94.4 Å². The number of rotatable bonds is 5. The number of piperidine rings is 1. The second-order valence-corrected chi connectivity index (χ2v) is 9.80. The number of furan rings is 1. The van der Waals surface area contributed by atoms with Crippen molar-refractivity contribution in [2.45, 2.75) is 38.1 Å². The van der Waals surface area contributed by atoms with Gasteiger partial charge in [-0.25, -0.2) is 0 Å². The van der Waals surface area contributed by atoms with E-state index in [0.717, 1.165) is 5.56 Å². The normalized spacial score (nSPS) is 18.7. The summed E-state index contributed by atoms with van der Waals surface area (Å²) < 4.78 is 11.6. The highest BCUT2D eigenvalue weighted by Crippen LogP contribution is 2.39. The van der Waals surface area contributed by atoms with Crippen LogP contribution in [0.3, 0.4) is 0 Å². The molecule has 3 heterocycles. The Morgan fingerprint density at radius 1 is 1.03 bits per heavy atom. The van der Waals surface area contributed by atoms with Crippen molar-refractivity contribution < 1.29 is 23.5 Å². The molecule has 37 heavy (non-hydrogen) atoms. The average Bonchev–Trinajstić information content (AvgIpc) is 3.56. The van der Waals surface area contributed by atoms with E-state index < -0.39 is 11.8 Å². The van der Waals surface area contributed by atoms with Crippen LogP contribution in [-0.4, -0.2) is 59.0 Å². The highest BCUT2D eigenvalue weighted by Gasteiger charge is 2.54. The summed E-state index contributed by atoms with van der Waals surface area (Å²) in [4.78, 5) is 43.6. The van der Waals surface area contributed by atoms with Gasteiger partial charge in [-0.05, 0) is 48.9 Å². The zero-order chi connectivity index (χ0) is 26.0. The molecule has 2 aliphatic heterocycles. The molecule has 0 unspecified atom stereocenters. The third kappa shape index (κ3) is 4.99. The molecular weight excluding hydrogens is 494 g/mol. The maximum Gasteiger partial charge on any atom is 0.257 e. The molecule has 2 saturated heterocycles. The first kappa shape index (κ1) is 25.0. The number of ether oxygens (including phenoxy) is 1. The number of likely N-dealkylation sites (tertiary alicyclic amines) is 1. The Kier molecular flexibility index (Phi) is 7.04. The fourth-order valence-corrected chi connectivity index (χ4v) is 5.27. The lowest BCUT2D eigenvalue weighted by molar-refractivity contribution is -0.128. The van der Waals surface area contributed by atoms with E-state index in [9.17, 15) is 14.4 Å². The maximum absolute atomic E-state index is 13.9. The van der Waals surface area contributed by atoms with Gasteiger partial charge in [-0.15, -0.1) is 0 Å². The number of halogens is 1. The van der Waals surface area contributed by atoms with Crippen molar-refractivity contribution in [3.63, 3.8) is 0 Å². The van der Waals surface area contributed by atoms with Crippen LogP contribution in [0.15, 0.2) is 71.3 Å². The molecule has 3 amide bonds. The molecule has 9 heteroatoms. The van der Waals surface area contributed by atoms with Crippen molar-refractivity contribution in [1.29, 1.82) is 0 Å². The van der Waals surface area contributed by atoms with Gasteiger partial charge in [0.05, 0.1) is 19.4 Å². The fourth-order valence-electron chi connectivity index (χ4n) is 5.08. The Labute approximate surface area is 220 Å². The molecule has 1 atom stereocenters. The third-order valence-electron chi connectivity index (χ3n) is 7.08. The number of amides is 3. The molecule has 3 aromatic rings. The van der Waals surface area contributed by atoms with E-state index >= 15 is 0 Å². The summed E-state index contributed by atoms with van der Waals surface area (Å²) in [5.41, 5.74) is 0.863. The Balaban J connectivity index is 1.38. The van der Waals surface area contributed by atoms with Crippen LogP contribution in [0.4, 0.5) is 0 Å². The van der Waals surface area contributed by atoms with Crippen molar-refractivity contribution in [3.8, 4) is 0 Å². The minimum atomic E-state index is -0.989. The van der Waals surface area contributed by atoms with E-state index in [1.54, 1.807) is 58.5 Å². The van der Waals surface area contributed by atoms with Gasteiger partial charge < -0.3 is 19.4 Å². The van der Waals surface area contributed by atoms with Gasteiger partial charge in [-0.2, -0.15) is 0 Å². The molecule has 2 aromatic carbocycles. The monoisotopic (exact) mass is 521 g/mol. The van der Waals surface area contributed by atoms with E-state index in [-0.39, 0.29) is 30.9 Å². The average molecular weight is 522 g/mol. The van der Waals surface area contributed by atoms with E-state index in [0.29, 0.717) is 47.8 Å². The Hall–Kier alpha value is -3.62. The molecule has 0 aliphatic carbocycles. The minimum Gasteiger partial charge on any atom is -0.467 e. The Bertz CT molecular complexity index is 1300. The number of hydrogen-bond donors (Lipinski definition) is 1. The number of carbonyl (C=O) groups is 3. The number of nitrogens with zero attached hydrogens (tertiary/aromatic N) is 2. The second-order valence-electron chi connectivity index (χ2n) is 9.36. The predicted molar refractivity (Wildman–Crippen MR) is 137 cm³/mol. The highest BCUT2D eigenvalue weighted by molar-refractivity contribution is 6.30. The number of carbonyl (C=O) groups excluding carboxylic acids is 3. The lowest BCUT2D eigenvalue weighted by atomic mass is 9.95. The summed E-state index contributed by atoms with van der Waals surface area (Å²) in [6.45, 7) is 2.91. The first-order chi connectivity index (χ1) is 17.9. The van der Waals surface area contributed by atoms with Crippen molar-refractivity contribution >= 4 is 29.3 Å². The first-order valence-electron chi connectivity index (χ1n) is 12.3. The predicted octanol–water partition coefficient (Wildman–Crippen LogP) is 4.03. The molecule has 0 saturated carbocycles. The number of benzene rings is 2. The molecule has 0 radical (unpaired) electrons. The summed E-state index contributed by atoms with van der Waals surface area (Å²) in [6.07, 6.45) is 2.32. The van der Waals surface area contributed by atoms with Crippen LogP contribution in [0.1, 0.15) is 44.9 Å². The van der Waals surface area contributed by atoms with Crippen LogP contribution in [0.5, 0.6) is 0 Å². The number of hydrogen-bond acceptors (Lipinski definition) is 5. The molecule has 5 rings (SSSR count). The van der Waals surface area contributed by atoms with Gasteiger partial charge in [0.2, 0.25) is 5.91 Å².